The number of nitrogens with one attached hydrogen (secondary N) is 1. The zero-order valence-corrected chi connectivity index (χ0v) is 17.3. The van der Waals surface area contributed by atoms with E-state index in [0.717, 1.165) is 17.8 Å². The Kier molecular flexibility index (Phi) is 6.31. The molecule has 0 saturated carbocycles. The summed E-state index contributed by atoms with van der Waals surface area (Å²) in [5.74, 6) is 0.865. The molecule has 1 N–H and O–H groups in total. The summed E-state index contributed by atoms with van der Waals surface area (Å²) in [7, 11) is 0. The summed E-state index contributed by atoms with van der Waals surface area (Å²) in [6, 6.07) is 8.08. The van der Waals surface area contributed by atoms with Crippen LogP contribution in [0.25, 0.3) is 0 Å². The summed E-state index contributed by atoms with van der Waals surface area (Å²) in [4.78, 5) is 12.5. The van der Waals surface area contributed by atoms with E-state index in [9.17, 15) is 4.79 Å². The van der Waals surface area contributed by atoms with E-state index in [0.29, 0.717) is 21.6 Å². The third kappa shape index (κ3) is 4.69. The molecule has 0 spiro atoms. The van der Waals surface area contributed by atoms with Crippen LogP contribution in [0, 0.1) is 6.92 Å². The second-order valence-electron chi connectivity index (χ2n) is 6.35. The van der Waals surface area contributed by atoms with Gasteiger partial charge in [0.25, 0.3) is 5.91 Å². The van der Waals surface area contributed by atoms with Crippen molar-refractivity contribution in [3.8, 4) is 5.75 Å². The first-order chi connectivity index (χ1) is 13.4. The minimum absolute atomic E-state index is 0.130. The van der Waals surface area contributed by atoms with E-state index in [2.05, 4.69) is 10.4 Å². The van der Waals surface area contributed by atoms with E-state index in [-0.39, 0.29) is 24.3 Å². The molecule has 3 rings (SSSR count). The molecule has 2 aromatic heterocycles. The number of aromatic nitrogens is 2. The van der Waals surface area contributed by atoms with Crippen LogP contribution in [-0.4, -0.2) is 15.7 Å². The highest BCUT2D eigenvalue weighted by atomic mass is 35.5. The minimum Gasteiger partial charge on any atom is -0.484 e. The molecule has 8 heteroatoms. The zero-order valence-electron chi connectivity index (χ0n) is 15.8. The Morgan fingerprint density at radius 3 is 2.82 bits per heavy atom. The summed E-state index contributed by atoms with van der Waals surface area (Å²) >= 11 is 12.0. The number of amides is 1. The number of halogens is 2. The Morgan fingerprint density at radius 1 is 1.32 bits per heavy atom. The van der Waals surface area contributed by atoms with Crippen LogP contribution >= 0.6 is 23.2 Å². The number of aryl methyl sites for hydroxylation is 2. The first-order valence-electron chi connectivity index (χ1n) is 8.88. The lowest BCUT2D eigenvalue weighted by atomic mass is 10.1. The summed E-state index contributed by atoms with van der Waals surface area (Å²) in [6.45, 7) is 6.76. The van der Waals surface area contributed by atoms with Crippen molar-refractivity contribution >= 4 is 29.1 Å². The van der Waals surface area contributed by atoms with Crippen molar-refractivity contribution in [1.82, 2.24) is 15.1 Å². The highest BCUT2D eigenvalue weighted by molar-refractivity contribution is 6.34. The summed E-state index contributed by atoms with van der Waals surface area (Å²) in [6.07, 6.45) is 1.94. The molecule has 0 aliphatic heterocycles. The third-order valence-electron chi connectivity index (χ3n) is 4.27. The van der Waals surface area contributed by atoms with Crippen molar-refractivity contribution in [2.24, 2.45) is 0 Å². The maximum absolute atomic E-state index is 12.5. The van der Waals surface area contributed by atoms with Gasteiger partial charge in [0.05, 0.1) is 16.8 Å². The molecule has 0 unspecified atom stereocenters. The minimum atomic E-state index is -0.303. The van der Waals surface area contributed by atoms with Crippen LogP contribution in [0.2, 0.25) is 10.0 Å². The second kappa shape index (κ2) is 8.71. The Balaban J connectivity index is 1.62. The molecule has 2 heterocycles. The van der Waals surface area contributed by atoms with E-state index in [1.807, 2.05) is 31.6 Å². The molecule has 28 heavy (non-hydrogen) atoms. The molecule has 1 aromatic carbocycles. The van der Waals surface area contributed by atoms with Gasteiger partial charge in [-0.1, -0.05) is 23.2 Å². The molecule has 0 saturated heterocycles. The number of carbonyl (C=O) groups excluding carboxylic acids is 1. The molecule has 1 atom stereocenters. The summed E-state index contributed by atoms with van der Waals surface area (Å²) in [5.41, 5.74) is 1.86. The average molecular weight is 422 g/mol. The first kappa shape index (κ1) is 20.3. The molecular weight excluding hydrogens is 401 g/mol. The predicted octanol–water partition coefficient (Wildman–Crippen LogP) is 5.18. The molecular formula is C20H21Cl2N3O3. The van der Waals surface area contributed by atoms with Gasteiger partial charge >= 0.3 is 0 Å². The van der Waals surface area contributed by atoms with Crippen molar-refractivity contribution in [3.63, 3.8) is 0 Å². The van der Waals surface area contributed by atoms with E-state index >= 15 is 0 Å². The van der Waals surface area contributed by atoms with Crippen LogP contribution in [0.4, 0.5) is 0 Å². The van der Waals surface area contributed by atoms with Crippen LogP contribution in [-0.2, 0) is 13.2 Å². The van der Waals surface area contributed by atoms with Crippen LogP contribution in [0.15, 0.2) is 40.9 Å². The van der Waals surface area contributed by atoms with Crippen molar-refractivity contribution in [1.29, 1.82) is 0 Å². The third-order valence-corrected chi connectivity index (χ3v) is 4.82. The number of hydrogen-bond acceptors (Lipinski definition) is 4. The fourth-order valence-electron chi connectivity index (χ4n) is 2.78. The number of carbonyl (C=O) groups is 1. The topological polar surface area (TPSA) is 69.3 Å². The molecule has 1 amide bonds. The van der Waals surface area contributed by atoms with Gasteiger partial charge in [-0.15, -0.1) is 0 Å². The quantitative estimate of drug-likeness (QED) is 0.570. The van der Waals surface area contributed by atoms with Gasteiger partial charge < -0.3 is 14.5 Å². The standard InChI is InChI=1S/C20H21Cl2N3O3/c1-4-25-10-16(13(3)24-25)12(2)23-20(26)18-8-6-15(28-18)11-27-19-9-14(21)5-7-17(19)22/h5-10,12H,4,11H2,1-3H3,(H,23,26)/t12-/m1/s1. The lowest BCUT2D eigenvalue weighted by Gasteiger charge is -2.12. The van der Waals surface area contributed by atoms with Gasteiger partial charge in [0.2, 0.25) is 0 Å². The van der Waals surface area contributed by atoms with Crippen LogP contribution in [0.3, 0.4) is 0 Å². The number of hydrogen-bond donors (Lipinski definition) is 1. The van der Waals surface area contributed by atoms with Gasteiger partial charge in [-0.25, -0.2) is 0 Å². The van der Waals surface area contributed by atoms with Crippen molar-refractivity contribution < 1.29 is 13.9 Å². The van der Waals surface area contributed by atoms with Crippen LogP contribution < -0.4 is 10.1 Å². The normalized spacial score (nSPS) is 12.0. The van der Waals surface area contributed by atoms with Gasteiger partial charge in [-0.2, -0.15) is 5.10 Å². The molecule has 148 valence electrons. The Hall–Kier alpha value is -2.44. The van der Waals surface area contributed by atoms with Gasteiger partial charge in [-0.05, 0) is 45.0 Å². The van der Waals surface area contributed by atoms with Crippen LogP contribution in [0.5, 0.6) is 5.75 Å². The summed E-state index contributed by atoms with van der Waals surface area (Å²) in [5, 5.41) is 8.31. The molecule has 3 aromatic rings. The number of nitrogens with zero attached hydrogens (tertiary/aromatic N) is 2. The van der Waals surface area contributed by atoms with Crippen molar-refractivity contribution in [3.05, 3.63) is 69.4 Å². The molecule has 0 aliphatic carbocycles. The molecule has 0 bridgehead atoms. The van der Waals surface area contributed by atoms with E-state index in [1.165, 1.54) is 0 Å². The maximum atomic E-state index is 12.5. The molecule has 0 aliphatic rings. The van der Waals surface area contributed by atoms with E-state index < -0.39 is 0 Å². The van der Waals surface area contributed by atoms with E-state index in [4.69, 9.17) is 32.4 Å². The lowest BCUT2D eigenvalue weighted by molar-refractivity contribution is 0.0907. The molecule has 0 fully saturated rings. The van der Waals surface area contributed by atoms with Crippen molar-refractivity contribution in [2.75, 3.05) is 0 Å². The highest BCUT2D eigenvalue weighted by Gasteiger charge is 2.18. The number of furan rings is 1. The maximum Gasteiger partial charge on any atom is 0.287 e. The number of ether oxygens (including phenoxy) is 1. The highest BCUT2D eigenvalue weighted by Crippen LogP contribution is 2.28. The smallest absolute Gasteiger partial charge is 0.287 e. The second-order valence-corrected chi connectivity index (χ2v) is 7.19. The number of rotatable bonds is 7. The van der Waals surface area contributed by atoms with Gasteiger partial charge in [0.15, 0.2) is 5.76 Å². The average Bonchev–Trinajstić information content (AvgIpc) is 3.29. The van der Waals surface area contributed by atoms with Crippen LogP contribution in [0.1, 0.15) is 47.5 Å². The monoisotopic (exact) mass is 421 g/mol. The fraction of sp³-hybridized carbons (Fsp3) is 0.300. The molecule has 0 radical (unpaired) electrons. The van der Waals surface area contributed by atoms with Gasteiger partial charge in [0, 0.05) is 29.4 Å². The van der Waals surface area contributed by atoms with E-state index in [1.54, 1.807) is 30.3 Å². The SMILES string of the molecule is CCn1cc([C@@H](C)NC(=O)c2ccc(COc3cc(Cl)ccc3Cl)o2)c(C)n1. The van der Waals surface area contributed by atoms with Gasteiger partial charge in [0.1, 0.15) is 18.1 Å². The first-order valence-corrected chi connectivity index (χ1v) is 9.64. The summed E-state index contributed by atoms with van der Waals surface area (Å²) < 4.78 is 13.1. The largest absolute Gasteiger partial charge is 0.484 e. The zero-order chi connectivity index (χ0) is 20.3. The molecule has 6 nitrogen and oxygen atoms in total. The Labute approximate surface area is 173 Å². The van der Waals surface area contributed by atoms with Crippen molar-refractivity contribution in [2.45, 2.75) is 40.0 Å². The fourth-order valence-corrected chi connectivity index (χ4v) is 3.11. The number of benzene rings is 1. The Morgan fingerprint density at radius 2 is 2.11 bits per heavy atom. The van der Waals surface area contributed by atoms with Gasteiger partial charge in [-0.3, -0.25) is 9.48 Å². The Bertz CT molecular complexity index is 981. The lowest BCUT2D eigenvalue weighted by Crippen LogP contribution is -2.26. The predicted molar refractivity (Wildman–Crippen MR) is 108 cm³/mol.